The number of unbranched alkanes of at least 4 members (excludes halogenated alkanes) is 1. The average molecular weight is 321 g/mol. The van der Waals surface area contributed by atoms with Crippen LogP contribution >= 0.6 is 0 Å². The summed E-state index contributed by atoms with van der Waals surface area (Å²) in [6.45, 7) is 3.78. The fourth-order valence-corrected chi connectivity index (χ4v) is 3.29. The molecule has 0 aromatic heterocycles. The van der Waals surface area contributed by atoms with E-state index in [4.69, 9.17) is 0 Å². The normalized spacial score (nSPS) is 11.4. The molecule has 0 saturated heterocycles. The minimum Gasteiger partial charge on any atom is -0.279 e. The van der Waals surface area contributed by atoms with Gasteiger partial charge in [-0.15, -0.1) is 0 Å². The van der Waals surface area contributed by atoms with Crippen molar-refractivity contribution in [3.63, 3.8) is 0 Å². The van der Waals surface area contributed by atoms with Crippen LogP contribution in [0.1, 0.15) is 30.9 Å². The lowest BCUT2D eigenvalue weighted by Crippen LogP contribution is -2.13. The van der Waals surface area contributed by atoms with E-state index in [0.29, 0.717) is 11.3 Å². The van der Waals surface area contributed by atoms with E-state index >= 15 is 0 Å². The van der Waals surface area contributed by atoms with E-state index < -0.39 is 10.0 Å². The topological polar surface area (TPSA) is 46.2 Å². The summed E-state index contributed by atoms with van der Waals surface area (Å²) >= 11 is 0. The highest BCUT2D eigenvalue weighted by atomic mass is 32.2. The lowest BCUT2D eigenvalue weighted by atomic mass is 10.1. The van der Waals surface area contributed by atoms with Gasteiger partial charge in [0, 0.05) is 0 Å². The van der Waals surface area contributed by atoms with Crippen LogP contribution in [0.25, 0.3) is 0 Å². The molecule has 0 bridgehead atoms. The molecule has 0 aliphatic heterocycles. The monoisotopic (exact) mass is 321 g/mol. The van der Waals surface area contributed by atoms with Crippen molar-refractivity contribution in [2.24, 2.45) is 0 Å². The van der Waals surface area contributed by atoms with E-state index in [-0.39, 0.29) is 10.7 Å². The third-order valence-corrected chi connectivity index (χ3v) is 4.87. The molecule has 0 atom stereocenters. The van der Waals surface area contributed by atoms with Crippen molar-refractivity contribution in [3.8, 4) is 0 Å². The highest BCUT2D eigenvalue weighted by molar-refractivity contribution is 7.92. The molecule has 0 aliphatic carbocycles. The van der Waals surface area contributed by atoms with Crippen molar-refractivity contribution in [1.82, 2.24) is 0 Å². The predicted molar refractivity (Wildman–Crippen MR) is 87.0 cm³/mol. The summed E-state index contributed by atoms with van der Waals surface area (Å²) in [5.41, 5.74) is 2.05. The maximum atomic E-state index is 13.1. The first kappa shape index (κ1) is 16.5. The van der Waals surface area contributed by atoms with Crippen LogP contribution in [0.15, 0.2) is 47.4 Å². The molecule has 0 unspecified atom stereocenters. The lowest BCUT2D eigenvalue weighted by Gasteiger charge is -2.11. The van der Waals surface area contributed by atoms with E-state index in [0.717, 1.165) is 24.8 Å². The Balaban J connectivity index is 2.19. The van der Waals surface area contributed by atoms with Crippen LogP contribution in [0.4, 0.5) is 10.1 Å². The van der Waals surface area contributed by atoms with Gasteiger partial charge in [0.05, 0.1) is 10.6 Å². The first-order valence-corrected chi connectivity index (χ1v) is 8.78. The maximum Gasteiger partial charge on any atom is 0.261 e. The second kappa shape index (κ2) is 6.92. The van der Waals surface area contributed by atoms with E-state index in [1.165, 1.54) is 18.2 Å². The quantitative estimate of drug-likeness (QED) is 0.863. The summed E-state index contributed by atoms with van der Waals surface area (Å²) in [6, 6.07) is 10.8. The number of hydrogen-bond donors (Lipinski definition) is 1. The molecule has 5 heteroatoms. The number of aryl methyl sites for hydroxylation is 2. The summed E-state index contributed by atoms with van der Waals surface area (Å²) in [7, 11) is -3.66. The Morgan fingerprint density at radius 2 is 1.77 bits per heavy atom. The van der Waals surface area contributed by atoms with Crippen molar-refractivity contribution >= 4 is 15.7 Å². The van der Waals surface area contributed by atoms with Gasteiger partial charge in [-0.2, -0.15) is 0 Å². The van der Waals surface area contributed by atoms with Gasteiger partial charge in [0.15, 0.2) is 0 Å². The van der Waals surface area contributed by atoms with Gasteiger partial charge in [-0.3, -0.25) is 4.72 Å². The third-order valence-electron chi connectivity index (χ3n) is 3.49. The maximum absolute atomic E-state index is 13.1. The summed E-state index contributed by atoms with van der Waals surface area (Å²) in [5, 5.41) is 0. The van der Waals surface area contributed by atoms with Crippen molar-refractivity contribution in [3.05, 3.63) is 59.4 Å². The number of nitrogens with one attached hydrogen (secondary N) is 1. The van der Waals surface area contributed by atoms with Gasteiger partial charge < -0.3 is 0 Å². The third kappa shape index (κ3) is 4.07. The van der Waals surface area contributed by atoms with Gasteiger partial charge in [-0.1, -0.05) is 25.5 Å². The average Bonchev–Trinajstić information content (AvgIpc) is 2.48. The number of halogens is 1. The van der Waals surface area contributed by atoms with Crippen LogP contribution in [0.2, 0.25) is 0 Å². The fourth-order valence-electron chi connectivity index (χ4n) is 2.16. The van der Waals surface area contributed by atoms with Gasteiger partial charge in [-0.05, 0) is 61.2 Å². The molecule has 0 amide bonds. The SMILES string of the molecule is CCCCc1ccc(S(=O)(=O)Nc2ccc(F)cc2C)cc1. The first-order chi connectivity index (χ1) is 10.4. The standard InChI is InChI=1S/C17H20FNO2S/c1-3-4-5-14-6-9-16(10-7-14)22(20,21)19-17-11-8-15(18)12-13(17)2/h6-12,19H,3-5H2,1-2H3. The van der Waals surface area contributed by atoms with Gasteiger partial charge in [0.1, 0.15) is 5.82 Å². The summed E-state index contributed by atoms with van der Waals surface area (Å²) in [6.07, 6.45) is 3.13. The lowest BCUT2D eigenvalue weighted by molar-refractivity contribution is 0.601. The molecule has 2 aromatic rings. The number of hydrogen-bond acceptors (Lipinski definition) is 2. The predicted octanol–water partition coefficient (Wildman–Crippen LogP) is 4.28. The van der Waals surface area contributed by atoms with E-state index in [1.807, 2.05) is 12.1 Å². The van der Waals surface area contributed by atoms with Gasteiger partial charge in [0.2, 0.25) is 0 Å². The molecule has 0 fully saturated rings. The van der Waals surface area contributed by atoms with Gasteiger partial charge >= 0.3 is 0 Å². The molecule has 2 rings (SSSR count). The zero-order valence-corrected chi connectivity index (χ0v) is 13.6. The molecule has 0 aliphatic rings. The smallest absolute Gasteiger partial charge is 0.261 e. The summed E-state index contributed by atoms with van der Waals surface area (Å²) in [4.78, 5) is 0.205. The van der Waals surface area contributed by atoms with Crippen LogP contribution in [0.3, 0.4) is 0 Å². The van der Waals surface area contributed by atoms with Gasteiger partial charge in [-0.25, -0.2) is 12.8 Å². The Morgan fingerprint density at radius 1 is 1.09 bits per heavy atom. The van der Waals surface area contributed by atoms with Crippen LogP contribution < -0.4 is 4.72 Å². The number of sulfonamides is 1. The Kier molecular flexibility index (Phi) is 5.19. The van der Waals surface area contributed by atoms with E-state index in [9.17, 15) is 12.8 Å². The summed E-state index contributed by atoms with van der Waals surface area (Å²) in [5.74, 6) is -0.388. The molecular weight excluding hydrogens is 301 g/mol. The van der Waals surface area contributed by atoms with E-state index in [2.05, 4.69) is 11.6 Å². The van der Waals surface area contributed by atoms with Crippen molar-refractivity contribution in [2.45, 2.75) is 38.0 Å². The molecule has 2 aromatic carbocycles. The second-order valence-electron chi connectivity index (χ2n) is 5.31. The molecular formula is C17H20FNO2S. The number of anilines is 1. The van der Waals surface area contributed by atoms with Crippen LogP contribution in [0.5, 0.6) is 0 Å². The molecule has 22 heavy (non-hydrogen) atoms. The highest BCUT2D eigenvalue weighted by Gasteiger charge is 2.15. The molecule has 118 valence electrons. The molecule has 3 nitrogen and oxygen atoms in total. The highest BCUT2D eigenvalue weighted by Crippen LogP contribution is 2.21. The second-order valence-corrected chi connectivity index (χ2v) is 6.99. The van der Waals surface area contributed by atoms with Crippen LogP contribution in [-0.4, -0.2) is 8.42 Å². The number of benzene rings is 2. The zero-order valence-electron chi connectivity index (χ0n) is 12.8. The molecule has 0 heterocycles. The first-order valence-electron chi connectivity index (χ1n) is 7.30. The van der Waals surface area contributed by atoms with Gasteiger partial charge in [0.25, 0.3) is 10.0 Å². The van der Waals surface area contributed by atoms with Crippen LogP contribution in [-0.2, 0) is 16.4 Å². The van der Waals surface area contributed by atoms with Crippen molar-refractivity contribution in [1.29, 1.82) is 0 Å². The summed E-state index contributed by atoms with van der Waals surface area (Å²) < 4.78 is 40.3. The Hall–Kier alpha value is -1.88. The molecule has 0 radical (unpaired) electrons. The Bertz CT molecular complexity index is 740. The number of rotatable bonds is 6. The molecule has 0 spiro atoms. The minimum atomic E-state index is -3.66. The van der Waals surface area contributed by atoms with Crippen molar-refractivity contribution in [2.75, 3.05) is 4.72 Å². The fraction of sp³-hybridized carbons (Fsp3) is 0.294. The molecule has 0 saturated carbocycles. The minimum absolute atomic E-state index is 0.205. The zero-order chi connectivity index (χ0) is 16.2. The van der Waals surface area contributed by atoms with Crippen molar-refractivity contribution < 1.29 is 12.8 Å². The van der Waals surface area contributed by atoms with E-state index in [1.54, 1.807) is 19.1 Å². The Labute approximate surface area is 131 Å². The Morgan fingerprint density at radius 3 is 2.36 bits per heavy atom. The molecule has 1 N–H and O–H groups in total. The largest absolute Gasteiger partial charge is 0.279 e. The van der Waals surface area contributed by atoms with Crippen LogP contribution in [0, 0.1) is 12.7 Å².